The Labute approximate surface area is 176 Å². The highest BCUT2D eigenvalue weighted by molar-refractivity contribution is 7.89. The summed E-state index contributed by atoms with van der Waals surface area (Å²) in [6, 6.07) is 14.0. The molecule has 0 aliphatic carbocycles. The summed E-state index contributed by atoms with van der Waals surface area (Å²) < 4.78 is 26.9. The van der Waals surface area contributed by atoms with Crippen molar-refractivity contribution >= 4 is 33.7 Å². The lowest BCUT2D eigenvalue weighted by Crippen LogP contribution is -2.50. The molecule has 1 N–H and O–H groups in total. The van der Waals surface area contributed by atoms with Gasteiger partial charge in [0, 0.05) is 31.2 Å². The first-order valence-corrected chi connectivity index (χ1v) is 11.0. The third-order valence-corrected chi connectivity index (χ3v) is 6.76. The zero-order valence-corrected chi connectivity index (χ0v) is 17.7. The van der Waals surface area contributed by atoms with Crippen molar-refractivity contribution in [2.24, 2.45) is 5.10 Å². The molecule has 1 heterocycles. The Bertz CT molecular complexity index is 985. The predicted molar refractivity (Wildman–Crippen MR) is 114 cm³/mol. The van der Waals surface area contributed by atoms with Crippen molar-refractivity contribution in [3.05, 3.63) is 64.7 Å². The number of hydrogen-bond donors (Lipinski definition) is 1. The molecule has 0 saturated carbocycles. The highest BCUT2D eigenvalue weighted by atomic mass is 35.5. The Kier molecular flexibility index (Phi) is 7.02. The molecule has 0 bridgehead atoms. The van der Waals surface area contributed by atoms with Gasteiger partial charge in [-0.15, -0.1) is 0 Å². The van der Waals surface area contributed by atoms with Crippen molar-refractivity contribution in [3.8, 4) is 0 Å². The second-order valence-corrected chi connectivity index (χ2v) is 9.22. The van der Waals surface area contributed by atoms with E-state index in [1.54, 1.807) is 42.5 Å². The molecule has 2 aromatic rings. The van der Waals surface area contributed by atoms with Crippen molar-refractivity contribution in [3.63, 3.8) is 0 Å². The van der Waals surface area contributed by atoms with E-state index in [0.29, 0.717) is 36.1 Å². The number of benzene rings is 2. The largest absolute Gasteiger partial charge is 0.292 e. The molecule has 1 amide bonds. The lowest BCUT2D eigenvalue weighted by Gasteiger charge is -2.33. The number of amides is 1. The van der Waals surface area contributed by atoms with E-state index in [1.807, 2.05) is 17.9 Å². The van der Waals surface area contributed by atoms with Gasteiger partial charge in [-0.1, -0.05) is 41.4 Å². The summed E-state index contributed by atoms with van der Waals surface area (Å²) >= 11 is 5.90. The summed E-state index contributed by atoms with van der Waals surface area (Å²) in [4.78, 5) is 14.3. The minimum atomic E-state index is -3.51. The van der Waals surface area contributed by atoms with Gasteiger partial charge in [-0.25, -0.2) is 13.8 Å². The maximum atomic E-state index is 12.7. The topological polar surface area (TPSA) is 82.1 Å². The van der Waals surface area contributed by atoms with Crippen molar-refractivity contribution in [2.45, 2.75) is 11.8 Å². The van der Waals surface area contributed by atoms with Gasteiger partial charge >= 0.3 is 0 Å². The monoisotopic (exact) mass is 434 g/mol. The van der Waals surface area contributed by atoms with Crippen LogP contribution in [0.15, 0.2) is 58.5 Å². The Morgan fingerprint density at radius 1 is 1.14 bits per heavy atom. The molecule has 154 valence electrons. The van der Waals surface area contributed by atoms with Gasteiger partial charge < -0.3 is 0 Å². The number of rotatable bonds is 6. The standard InChI is InChI=1S/C20H23ClN4O3S/c1-16-5-7-19(8-6-16)29(27,28)25-11-9-24(10-12-25)15-20(26)23-22-14-17-3-2-4-18(21)13-17/h2-8,13-14H,9-12,15H2,1H3,(H,23,26). The molecule has 0 aromatic heterocycles. The lowest BCUT2D eigenvalue weighted by atomic mass is 10.2. The number of nitrogens with zero attached hydrogens (tertiary/aromatic N) is 3. The number of halogens is 1. The van der Waals surface area contributed by atoms with Crippen molar-refractivity contribution in [1.29, 1.82) is 0 Å². The number of aryl methyl sites for hydroxylation is 1. The summed E-state index contributed by atoms with van der Waals surface area (Å²) in [6.07, 6.45) is 1.52. The number of sulfonamides is 1. The van der Waals surface area contributed by atoms with Crippen LogP contribution in [0.1, 0.15) is 11.1 Å². The molecular weight excluding hydrogens is 412 g/mol. The lowest BCUT2D eigenvalue weighted by molar-refractivity contribution is -0.122. The predicted octanol–water partition coefficient (Wildman–Crippen LogP) is 2.11. The molecular formula is C20H23ClN4O3S. The summed E-state index contributed by atoms with van der Waals surface area (Å²) in [5, 5.41) is 4.53. The second kappa shape index (κ2) is 9.49. The molecule has 29 heavy (non-hydrogen) atoms. The summed E-state index contributed by atoms with van der Waals surface area (Å²) in [5.41, 5.74) is 4.28. The fourth-order valence-corrected chi connectivity index (χ4v) is 4.61. The molecule has 1 aliphatic heterocycles. The summed E-state index contributed by atoms with van der Waals surface area (Å²) in [6.45, 7) is 3.72. The minimum absolute atomic E-state index is 0.158. The molecule has 1 aliphatic rings. The van der Waals surface area contributed by atoms with E-state index in [4.69, 9.17) is 11.6 Å². The van der Waals surface area contributed by atoms with E-state index in [2.05, 4.69) is 10.5 Å². The maximum Gasteiger partial charge on any atom is 0.254 e. The Balaban J connectivity index is 1.48. The first kappa shape index (κ1) is 21.4. The number of hydrogen-bond acceptors (Lipinski definition) is 5. The molecule has 1 fully saturated rings. The van der Waals surface area contributed by atoms with E-state index in [9.17, 15) is 13.2 Å². The van der Waals surface area contributed by atoms with Crippen molar-refractivity contribution < 1.29 is 13.2 Å². The molecule has 0 unspecified atom stereocenters. The van der Waals surface area contributed by atoms with Crippen LogP contribution < -0.4 is 5.43 Å². The fraction of sp³-hybridized carbons (Fsp3) is 0.300. The van der Waals surface area contributed by atoms with Crippen molar-refractivity contribution in [2.75, 3.05) is 32.7 Å². The minimum Gasteiger partial charge on any atom is -0.292 e. The van der Waals surface area contributed by atoms with Crippen LogP contribution in [0.5, 0.6) is 0 Å². The molecule has 9 heteroatoms. The van der Waals surface area contributed by atoms with Crippen LogP contribution in [0.3, 0.4) is 0 Å². The molecule has 3 rings (SSSR count). The van der Waals surface area contributed by atoms with E-state index < -0.39 is 10.0 Å². The van der Waals surface area contributed by atoms with Gasteiger partial charge in [0.1, 0.15) is 0 Å². The van der Waals surface area contributed by atoms with Crippen LogP contribution in [0.25, 0.3) is 0 Å². The SMILES string of the molecule is Cc1ccc(S(=O)(=O)N2CCN(CC(=O)NN=Cc3cccc(Cl)c3)CC2)cc1. The normalized spacial score (nSPS) is 16.2. The van der Waals surface area contributed by atoms with Gasteiger partial charge in [-0.05, 0) is 36.8 Å². The number of hydrazone groups is 1. The van der Waals surface area contributed by atoms with Gasteiger partial charge in [-0.2, -0.15) is 9.41 Å². The highest BCUT2D eigenvalue weighted by Crippen LogP contribution is 2.18. The van der Waals surface area contributed by atoms with Crippen LogP contribution in [-0.2, 0) is 14.8 Å². The third-order valence-electron chi connectivity index (χ3n) is 4.61. The van der Waals surface area contributed by atoms with E-state index in [-0.39, 0.29) is 12.5 Å². The van der Waals surface area contributed by atoms with E-state index in [0.717, 1.165) is 11.1 Å². The van der Waals surface area contributed by atoms with Gasteiger partial charge in [-0.3, -0.25) is 9.69 Å². The number of nitrogens with one attached hydrogen (secondary N) is 1. The molecule has 0 radical (unpaired) electrons. The Morgan fingerprint density at radius 2 is 1.83 bits per heavy atom. The number of piperazine rings is 1. The quantitative estimate of drug-likeness (QED) is 0.557. The fourth-order valence-electron chi connectivity index (χ4n) is 2.99. The average molecular weight is 435 g/mol. The summed E-state index contributed by atoms with van der Waals surface area (Å²) in [7, 11) is -3.51. The zero-order valence-electron chi connectivity index (χ0n) is 16.1. The molecule has 0 atom stereocenters. The van der Waals surface area contributed by atoms with E-state index in [1.165, 1.54) is 10.5 Å². The molecule has 1 saturated heterocycles. The third kappa shape index (κ3) is 5.86. The number of carbonyl (C=O) groups is 1. The van der Waals surface area contributed by atoms with Crippen LogP contribution in [0.4, 0.5) is 0 Å². The Hall–Kier alpha value is -2.26. The van der Waals surface area contributed by atoms with Crippen molar-refractivity contribution in [1.82, 2.24) is 14.6 Å². The Morgan fingerprint density at radius 3 is 2.48 bits per heavy atom. The first-order chi connectivity index (χ1) is 13.8. The highest BCUT2D eigenvalue weighted by Gasteiger charge is 2.28. The van der Waals surface area contributed by atoms with E-state index >= 15 is 0 Å². The smallest absolute Gasteiger partial charge is 0.254 e. The maximum absolute atomic E-state index is 12.7. The number of carbonyl (C=O) groups excluding carboxylic acids is 1. The van der Waals surface area contributed by atoms with Crippen LogP contribution in [0.2, 0.25) is 5.02 Å². The molecule has 2 aromatic carbocycles. The second-order valence-electron chi connectivity index (χ2n) is 6.84. The van der Waals surface area contributed by atoms with Gasteiger partial charge in [0.05, 0.1) is 17.7 Å². The van der Waals surface area contributed by atoms with Crippen LogP contribution in [-0.4, -0.2) is 62.5 Å². The van der Waals surface area contributed by atoms with Gasteiger partial charge in [0.15, 0.2) is 0 Å². The first-order valence-electron chi connectivity index (χ1n) is 9.21. The van der Waals surface area contributed by atoms with Crippen LogP contribution >= 0.6 is 11.6 Å². The van der Waals surface area contributed by atoms with Gasteiger partial charge in [0.25, 0.3) is 5.91 Å². The molecule has 7 nitrogen and oxygen atoms in total. The summed E-state index contributed by atoms with van der Waals surface area (Å²) in [5.74, 6) is -0.252. The van der Waals surface area contributed by atoms with Gasteiger partial charge in [0.2, 0.25) is 10.0 Å². The molecule has 0 spiro atoms. The average Bonchev–Trinajstić information content (AvgIpc) is 2.69. The zero-order chi connectivity index (χ0) is 20.9. The van der Waals surface area contributed by atoms with Crippen LogP contribution in [0, 0.1) is 6.92 Å².